The van der Waals surface area contributed by atoms with Crippen molar-refractivity contribution in [2.45, 2.75) is 69.4 Å². The molecule has 3 heterocycles. The third-order valence-corrected chi connectivity index (χ3v) is 7.71. The first kappa shape index (κ1) is 21.4. The molecular weight excluding hydrogens is 432 g/mol. The van der Waals surface area contributed by atoms with Gasteiger partial charge in [0.1, 0.15) is 17.6 Å². The van der Waals surface area contributed by atoms with Crippen LogP contribution in [0.1, 0.15) is 55.1 Å². The van der Waals surface area contributed by atoms with E-state index in [4.69, 9.17) is 19.6 Å². The van der Waals surface area contributed by atoms with Crippen molar-refractivity contribution < 1.29 is 18.5 Å². The Labute approximate surface area is 187 Å². The maximum Gasteiger partial charge on any atom is 0.354 e. The van der Waals surface area contributed by atoms with Crippen molar-refractivity contribution >= 4 is 21.6 Å². The highest BCUT2D eigenvalue weighted by Gasteiger charge is 2.31. The van der Waals surface area contributed by atoms with Gasteiger partial charge in [0.25, 0.3) is 0 Å². The van der Waals surface area contributed by atoms with Gasteiger partial charge in [0.2, 0.25) is 5.88 Å². The van der Waals surface area contributed by atoms with E-state index in [0.29, 0.717) is 25.7 Å². The number of carbonyl (C=O) groups is 1. The van der Waals surface area contributed by atoms with Crippen molar-refractivity contribution in [3.8, 4) is 5.88 Å². The quantitative estimate of drug-likeness (QED) is 0.720. The van der Waals surface area contributed by atoms with Crippen LogP contribution in [0.2, 0.25) is 0 Å². The Balaban J connectivity index is 1.43. The summed E-state index contributed by atoms with van der Waals surface area (Å²) in [5, 5.41) is 13.1. The number of ether oxygens (including phenoxy) is 2. The third kappa shape index (κ3) is 3.67. The largest absolute Gasteiger partial charge is 0.474 e. The Morgan fingerprint density at radius 2 is 2.25 bits per heavy atom. The topological polar surface area (TPSA) is 134 Å². The lowest BCUT2D eigenvalue weighted by molar-refractivity contribution is -0.00758. The standard InChI is InChI=1S/C21H28N6O4S/c1-3-30-13-10-27-20(31-11-13)17(9-23-27)32(22,29)26-21(28)25-19-14-5-4-6-16(14)24-18-12(2)7-8-15(18)19/h9,12-13H,3-8,10-11H2,1-2H3,(H3,22,24,25,26,28,29). The van der Waals surface area contributed by atoms with E-state index in [1.165, 1.54) is 6.20 Å². The van der Waals surface area contributed by atoms with Crippen molar-refractivity contribution in [1.29, 1.82) is 0 Å². The summed E-state index contributed by atoms with van der Waals surface area (Å²) in [7, 11) is -3.55. The smallest absolute Gasteiger partial charge is 0.354 e. The fourth-order valence-electron chi connectivity index (χ4n) is 4.84. The number of aryl methyl sites for hydroxylation is 1. The van der Waals surface area contributed by atoms with Gasteiger partial charge in [-0.2, -0.15) is 5.10 Å². The summed E-state index contributed by atoms with van der Waals surface area (Å²) < 4.78 is 29.9. The van der Waals surface area contributed by atoms with E-state index in [2.05, 4.69) is 21.7 Å². The molecule has 0 spiro atoms. The van der Waals surface area contributed by atoms with E-state index < -0.39 is 15.9 Å². The molecule has 2 amide bonds. The summed E-state index contributed by atoms with van der Waals surface area (Å²) >= 11 is 0. The number of anilines is 1. The molecule has 11 heteroatoms. The van der Waals surface area contributed by atoms with Crippen LogP contribution < -0.4 is 15.2 Å². The lowest BCUT2D eigenvalue weighted by Crippen LogP contribution is -2.33. The Bertz CT molecular complexity index is 1200. The molecule has 1 aliphatic heterocycles. The van der Waals surface area contributed by atoms with Gasteiger partial charge >= 0.3 is 6.03 Å². The van der Waals surface area contributed by atoms with E-state index in [-0.39, 0.29) is 16.9 Å². The average molecular weight is 461 g/mol. The molecule has 3 N–H and O–H groups in total. The molecule has 32 heavy (non-hydrogen) atoms. The van der Waals surface area contributed by atoms with Gasteiger partial charge in [-0.1, -0.05) is 6.92 Å². The van der Waals surface area contributed by atoms with Gasteiger partial charge in [-0.05, 0) is 56.1 Å². The first-order valence-electron chi connectivity index (χ1n) is 11.1. The van der Waals surface area contributed by atoms with E-state index in [1.807, 2.05) is 6.92 Å². The molecule has 0 radical (unpaired) electrons. The zero-order valence-corrected chi connectivity index (χ0v) is 19.1. The summed E-state index contributed by atoms with van der Waals surface area (Å²) in [6, 6.07) is -0.734. The van der Waals surface area contributed by atoms with E-state index in [0.717, 1.165) is 60.3 Å². The summed E-state index contributed by atoms with van der Waals surface area (Å²) in [6.07, 6.45) is 5.85. The number of nitrogens with zero attached hydrogens (tertiary/aromatic N) is 4. The van der Waals surface area contributed by atoms with Crippen LogP contribution in [-0.2, 0) is 40.5 Å². The second-order valence-corrected chi connectivity index (χ2v) is 10.3. The Hall–Kier alpha value is -2.50. The van der Waals surface area contributed by atoms with E-state index >= 15 is 0 Å². The van der Waals surface area contributed by atoms with Crippen LogP contribution >= 0.6 is 0 Å². The Morgan fingerprint density at radius 3 is 3.06 bits per heavy atom. The Morgan fingerprint density at radius 1 is 1.41 bits per heavy atom. The average Bonchev–Trinajstić information content (AvgIpc) is 3.46. The van der Waals surface area contributed by atoms with Crippen LogP contribution in [0, 0.1) is 0 Å². The molecule has 172 valence electrons. The fraction of sp³-hybridized carbons (Fsp3) is 0.571. The van der Waals surface area contributed by atoms with Gasteiger partial charge in [-0.15, -0.1) is 4.36 Å². The highest BCUT2D eigenvalue weighted by molar-refractivity contribution is 7.91. The molecule has 0 saturated heterocycles. The zero-order valence-electron chi connectivity index (χ0n) is 18.3. The van der Waals surface area contributed by atoms with E-state index in [1.54, 1.807) is 4.68 Å². The summed E-state index contributed by atoms with van der Waals surface area (Å²) in [4.78, 5) is 17.8. The molecule has 0 fully saturated rings. The second kappa shape index (κ2) is 8.13. The predicted molar refractivity (Wildman–Crippen MR) is 118 cm³/mol. The Kier molecular flexibility index (Phi) is 5.42. The minimum absolute atomic E-state index is 0.112. The van der Waals surface area contributed by atoms with Crippen molar-refractivity contribution in [3.63, 3.8) is 0 Å². The number of rotatable bonds is 4. The number of amides is 2. The number of hydrogen-bond acceptors (Lipinski definition) is 6. The SMILES string of the molecule is CCOC1COc2c(S(N)(=O)=NC(=O)Nc3c4c(nc5c3CCC5C)CCC4)cnn2C1. The van der Waals surface area contributed by atoms with Gasteiger partial charge in [0, 0.05) is 18.0 Å². The predicted octanol–water partition coefficient (Wildman–Crippen LogP) is 2.55. The molecule has 2 aromatic rings. The summed E-state index contributed by atoms with van der Waals surface area (Å²) in [5.41, 5.74) is 5.02. The molecule has 3 unspecified atom stereocenters. The van der Waals surface area contributed by atoms with Gasteiger partial charge in [0.05, 0.1) is 18.4 Å². The van der Waals surface area contributed by atoms with Gasteiger partial charge in [0.15, 0.2) is 9.92 Å². The highest BCUT2D eigenvalue weighted by atomic mass is 32.2. The number of nitrogens with one attached hydrogen (secondary N) is 1. The molecule has 3 aliphatic rings. The lowest BCUT2D eigenvalue weighted by Gasteiger charge is -2.24. The third-order valence-electron chi connectivity index (χ3n) is 6.36. The number of nitrogens with two attached hydrogens (primary N) is 1. The molecule has 0 bridgehead atoms. The van der Waals surface area contributed by atoms with Crippen LogP contribution in [0.15, 0.2) is 15.5 Å². The maximum absolute atomic E-state index is 13.2. The molecule has 10 nitrogen and oxygen atoms in total. The van der Waals surface area contributed by atoms with Gasteiger partial charge in [-0.25, -0.2) is 18.8 Å². The van der Waals surface area contributed by atoms with Gasteiger partial charge < -0.3 is 14.8 Å². The van der Waals surface area contributed by atoms with Gasteiger partial charge in [-0.3, -0.25) is 4.98 Å². The zero-order chi connectivity index (χ0) is 22.5. The molecule has 2 aromatic heterocycles. The fourth-order valence-corrected chi connectivity index (χ4v) is 5.85. The summed E-state index contributed by atoms with van der Waals surface area (Å²) in [6.45, 7) is 5.37. The number of fused-ring (bicyclic) bond motifs is 3. The first-order chi connectivity index (χ1) is 15.4. The van der Waals surface area contributed by atoms with Crippen LogP contribution in [0.3, 0.4) is 0 Å². The van der Waals surface area contributed by atoms with Crippen molar-refractivity contribution in [2.24, 2.45) is 9.50 Å². The molecule has 0 aromatic carbocycles. The van der Waals surface area contributed by atoms with Crippen LogP contribution in [0.5, 0.6) is 5.88 Å². The van der Waals surface area contributed by atoms with E-state index in [9.17, 15) is 9.00 Å². The maximum atomic E-state index is 13.2. The number of hydrogen-bond donors (Lipinski definition) is 2. The number of pyridine rings is 1. The minimum atomic E-state index is -3.55. The normalized spacial score (nSPS) is 23.0. The monoisotopic (exact) mass is 460 g/mol. The minimum Gasteiger partial charge on any atom is -0.474 e. The second-order valence-electron chi connectivity index (χ2n) is 8.54. The molecule has 2 aliphatic carbocycles. The number of aromatic nitrogens is 3. The molecule has 5 rings (SSSR count). The van der Waals surface area contributed by atoms with Crippen molar-refractivity contribution in [2.75, 3.05) is 18.5 Å². The van der Waals surface area contributed by atoms with Crippen LogP contribution in [0.25, 0.3) is 0 Å². The van der Waals surface area contributed by atoms with Crippen LogP contribution in [0.4, 0.5) is 10.5 Å². The number of carbonyl (C=O) groups excluding carboxylic acids is 1. The van der Waals surface area contributed by atoms with Crippen molar-refractivity contribution in [3.05, 3.63) is 28.7 Å². The first-order valence-corrected chi connectivity index (χ1v) is 12.7. The van der Waals surface area contributed by atoms with Crippen molar-refractivity contribution in [1.82, 2.24) is 14.8 Å². The number of urea groups is 1. The lowest BCUT2D eigenvalue weighted by atomic mass is 10.0. The molecular formula is C21H28N6O4S. The molecule has 3 atom stereocenters. The highest BCUT2D eigenvalue weighted by Crippen LogP contribution is 2.41. The van der Waals surface area contributed by atoms with Crippen LogP contribution in [-0.4, -0.2) is 44.3 Å². The summed E-state index contributed by atoms with van der Waals surface area (Å²) in [5.74, 6) is 0.628. The molecule has 0 saturated carbocycles.